The monoisotopic (exact) mass is 662 g/mol. The van der Waals surface area contributed by atoms with Gasteiger partial charge in [-0.25, -0.2) is 22.2 Å². The highest BCUT2D eigenvalue weighted by Crippen LogP contribution is 2.43. The largest absolute Gasteiger partial charge is 0.470 e. The van der Waals surface area contributed by atoms with Crippen molar-refractivity contribution in [1.29, 1.82) is 0 Å². The Labute approximate surface area is 266 Å². The first kappa shape index (κ1) is 29.8. The van der Waals surface area contributed by atoms with Crippen molar-refractivity contribution >= 4 is 55.1 Å². The van der Waals surface area contributed by atoms with E-state index in [0.29, 0.717) is 50.2 Å². The van der Waals surface area contributed by atoms with E-state index in [-0.39, 0.29) is 53.2 Å². The number of aromatic nitrogens is 2. The van der Waals surface area contributed by atoms with Crippen molar-refractivity contribution in [2.24, 2.45) is 0 Å². The second kappa shape index (κ2) is 11.5. The molecule has 0 saturated carbocycles. The van der Waals surface area contributed by atoms with Gasteiger partial charge in [0.1, 0.15) is 34.4 Å². The second-order valence-corrected chi connectivity index (χ2v) is 12.9. The van der Waals surface area contributed by atoms with Crippen molar-refractivity contribution in [3.63, 3.8) is 0 Å². The Balaban J connectivity index is 1.46. The average Bonchev–Trinajstić information content (AvgIpc) is 3.62. The Morgan fingerprint density at radius 2 is 1.85 bits per heavy atom. The van der Waals surface area contributed by atoms with E-state index in [0.717, 1.165) is 0 Å². The van der Waals surface area contributed by atoms with Gasteiger partial charge in [-0.3, -0.25) is 9.52 Å². The summed E-state index contributed by atoms with van der Waals surface area (Å²) in [4.78, 5) is 18.1. The van der Waals surface area contributed by atoms with Gasteiger partial charge in [-0.15, -0.1) is 11.6 Å². The molecule has 3 aromatic carbocycles. The summed E-state index contributed by atoms with van der Waals surface area (Å²) in [5.74, 6) is -0.719. The predicted molar refractivity (Wildman–Crippen MR) is 172 cm³/mol. The molecule has 0 spiro atoms. The Hall–Kier alpha value is -4.94. The molecule has 234 valence electrons. The fourth-order valence-corrected chi connectivity index (χ4v) is 7.09. The number of alkyl halides is 1. The number of sulfonamides is 1. The molecule has 4 heterocycles. The van der Waals surface area contributed by atoms with Gasteiger partial charge in [-0.1, -0.05) is 6.07 Å². The van der Waals surface area contributed by atoms with Crippen LogP contribution in [0.1, 0.15) is 16.8 Å². The number of benzene rings is 3. The molecule has 6 aromatic rings. The van der Waals surface area contributed by atoms with Crippen LogP contribution in [0.2, 0.25) is 0 Å². The van der Waals surface area contributed by atoms with Gasteiger partial charge >= 0.3 is 0 Å². The van der Waals surface area contributed by atoms with Gasteiger partial charge < -0.3 is 19.0 Å². The summed E-state index contributed by atoms with van der Waals surface area (Å²) in [6, 6.07) is 18.5. The number of hydrogen-bond acceptors (Lipinski definition) is 6. The van der Waals surface area contributed by atoms with Crippen molar-refractivity contribution in [3.05, 3.63) is 90.0 Å². The van der Waals surface area contributed by atoms with Crippen molar-refractivity contribution in [2.45, 2.75) is 13.2 Å². The summed E-state index contributed by atoms with van der Waals surface area (Å²) >= 11 is 5.78. The van der Waals surface area contributed by atoms with Gasteiger partial charge in [0.05, 0.1) is 33.9 Å². The van der Waals surface area contributed by atoms with Gasteiger partial charge in [-0.2, -0.15) is 0 Å². The number of ether oxygens (including phenoxy) is 1. The first-order chi connectivity index (χ1) is 22.2. The number of rotatable bonds is 8. The van der Waals surface area contributed by atoms with Gasteiger partial charge in [0.15, 0.2) is 6.73 Å². The standard InChI is InChI=1S/C33H25ClF2N4O5S/c1-37-33(41)30-22-14-21(24-10-11-28-31(38-24)27-15-20-23(36)4-2-5-26(20)40(27)17-44-28)25(39-46(42,43)13-3-12-34)16-29(22)45-32(30)18-6-8-19(35)9-7-18/h2,4-11,14-16,39H,3,12-13,17H2,1H3,(H,37,41). The van der Waals surface area contributed by atoms with Crippen LogP contribution in [0.5, 0.6) is 5.75 Å². The van der Waals surface area contributed by atoms with Crippen molar-refractivity contribution in [1.82, 2.24) is 14.9 Å². The van der Waals surface area contributed by atoms with Crippen LogP contribution in [0, 0.1) is 11.6 Å². The number of nitrogens with one attached hydrogen (secondary N) is 2. The number of carbonyl (C=O) groups is 1. The van der Waals surface area contributed by atoms with Gasteiger partial charge in [0.25, 0.3) is 5.91 Å². The SMILES string of the molecule is CNC(=O)c1c(-c2ccc(F)cc2)oc2cc(NS(=O)(=O)CCCCl)c(-c3ccc4c(n3)-c3cc5c(F)cccc5n3CO4)cc12. The number of fused-ring (bicyclic) bond motifs is 6. The second-order valence-electron chi connectivity index (χ2n) is 10.7. The quantitative estimate of drug-likeness (QED) is 0.167. The molecule has 13 heteroatoms. The molecule has 3 aromatic heterocycles. The van der Waals surface area contributed by atoms with Crippen LogP contribution in [0.15, 0.2) is 77.2 Å². The molecule has 0 bridgehead atoms. The molecule has 46 heavy (non-hydrogen) atoms. The lowest BCUT2D eigenvalue weighted by Crippen LogP contribution is -2.18. The molecule has 1 aliphatic rings. The molecule has 1 amide bonds. The summed E-state index contributed by atoms with van der Waals surface area (Å²) < 4.78 is 71.2. The normalized spacial score (nSPS) is 12.5. The number of hydrogen-bond donors (Lipinski definition) is 2. The summed E-state index contributed by atoms with van der Waals surface area (Å²) in [7, 11) is -2.39. The van der Waals surface area contributed by atoms with E-state index in [1.54, 1.807) is 36.4 Å². The Morgan fingerprint density at radius 1 is 1.04 bits per heavy atom. The zero-order chi connectivity index (χ0) is 32.2. The average molecular weight is 663 g/mol. The molecule has 0 fully saturated rings. The number of anilines is 1. The molecule has 1 aliphatic heterocycles. The van der Waals surface area contributed by atoms with E-state index < -0.39 is 21.7 Å². The third kappa shape index (κ3) is 5.13. The Kier molecular flexibility index (Phi) is 7.41. The van der Waals surface area contributed by atoms with Gasteiger partial charge in [-0.05, 0) is 67.1 Å². The molecule has 0 saturated heterocycles. The van der Waals surface area contributed by atoms with Crippen molar-refractivity contribution in [3.8, 4) is 39.7 Å². The zero-order valence-electron chi connectivity index (χ0n) is 24.2. The topological polar surface area (TPSA) is 115 Å². The van der Waals surface area contributed by atoms with Gasteiger partial charge in [0, 0.05) is 40.9 Å². The molecule has 0 unspecified atom stereocenters. The number of carbonyl (C=O) groups excluding carboxylic acids is 1. The van der Waals surface area contributed by atoms with Crippen LogP contribution in [-0.4, -0.2) is 42.6 Å². The van der Waals surface area contributed by atoms with E-state index >= 15 is 0 Å². The summed E-state index contributed by atoms with van der Waals surface area (Å²) in [6.45, 7) is 0.157. The van der Waals surface area contributed by atoms with Crippen LogP contribution in [-0.2, 0) is 16.8 Å². The van der Waals surface area contributed by atoms with E-state index in [1.807, 2.05) is 4.57 Å². The molecule has 7 rings (SSSR count). The lowest BCUT2D eigenvalue weighted by molar-refractivity contribution is 0.0964. The highest BCUT2D eigenvalue weighted by molar-refractivity contribution is 7.92. The number of amides is 1. The molecular weight excluding hydrogens is 638 g/mol. The van der Waals surface area contributed by atoms with E-state index in [4.69, 9.17) is 25.7 Å². The van der Waals surface area contributed by atoms with E-state index in [9.17, 15) is 22.0 Å². The van der Waals surface area contributed by atoms with Crippen LogP contribution >= 0.6 is 11.6 Å². The van der Waals surface area contributed by atoms with Crippen LogP contribution < -0.4 is 14.8 Å². The minimum absolute atomic E-state index is 0.153. The van der Waals surface area contributed by atoms with Gasteiger partial charge in [0.2, 0.25) is 10.0 Å². The molecule has 0 atom stereocenters. The number of halogens is 3. The molecule has 9 nitrogen and oxygen atoms in total. The predicted octanol–water partition coefficient (Wildman–Crippen LogP) is 7.14. The maximum Gasteiger partial charge on any atom is 0.255 e. The number of furan rings is 1. The van der Waals surface area contributed by atoms with Crippen LogP contribution in [0.25, 0.3) is 55.8 Å². The maximum atomic E-state index is 14.7. The smallest absolute Gasteiger partial charge is 0.255 e. The summed E-state index contributed by atoms with van der Waals surface area (Å²) in [5.41, 5.74) is 3.40. The van der Waals surface area contributed by atoms with Crippen molar-refractivity contribution < 1.29 is 31.1 Å². The Morgan fingerprint density at radius 3 is 2.61 bits per heavy atom. The first-order valence-electron chi connectivity index (χ1n) is 14.2. The lowest BCUT2D eigenvalue weighted by Gasteiger charge is -2.21. The van der Waals surface area contributed by atoms with Crippen molar-refractivity contribution in [2.75, 3.05) is 23.4 Å². The fourth-order valence-electron chi connectivity index (χ4n) is 5.67. The van der Waals surface area contributed by atoms with Crippen LogP contribution in [0.4, 0.5) is 14.5 Å². The highest BCUT2D eigenvalue weighted by atomic mass is 35.5. The summed E-state index contributed by atoms with van der Waals surface area (Å²) in [5, 5.41) is 3.42. The molecule has 0 aliphatic carbocycles. The minimum Gasteiger partial charge on any atom is -0.470 e. The number of pyridine rings is 1. The van der Waals surface area contributed by atoms with E-state index in [2.05, 4.69) is 10.0 Å². The molecule has 2 N–H and O–H groups in total. The first-order valence-corrected chi connectivity index (χ1v) is 16.4. The zero-order valence-corrected chi connectivity index (χ0v) is 25.8. The lowest BCUT2D eigenvalue weighted by atomic mass is 10.0. The summed E-state index contributed by atoms with van der Waals surface area (Å²) in [6.07, 6.45) is 0.223. The third-order valence-electron chi connectivity index (χ3n) is 7.82. The number of nitrogens with zero attached hydrogens (tertiary/aromatic N) is 2. The third-order valence-corrected chi connectivity index (χ3v) is 9.44. The van der Waals surface area contributed by atoms with E-state index in [1.165, 1.54) is 43.4 Å². The molecule has 0 radical (unpaired) electrons. The molecular formula is C33H25ClF2N4O5S. The Bertz CT molecular complexity index is 2280. The highest BCUT2D eigenvalue weighted by Gasteiger charge is 2.27. The maximum absolute atomic E-state index is 14.7. The minimum atomic E-state index is -3.86. The van der Waals surface area contributed by atoms with Crippen LogP contribution in [0.3, 0.4) is 0 Å². The fraction of sp³-hybridized carbons (Fsp3) is 0.152.